The van der Waals surface area contributed by atoms with E-state index in [9.17, 15) is 22.0 Å². The van der Waals surface area contributed by atoms with Crippen LogP contribution >= 0.6 is 0 Å². The molecule has 0 N–H and O–H groups in total. The molecule has 0 fully saturated rings. The maximum atomic E-state index is 16.4. The summed E-state index contributed by atoms with van der Waals surface area (Å²) in [5.74, 6) is -4.24. The first-order valence-electron chi connectivity index (χ1n) is 12.7. The average molecular weight is 593 g/mol. The van der Waals surface area contributed by atoms with Gasteiger partial charge >= 0.3 is 5.97 Å². The van der Waals surface area contributed by atoms with Gasteiger partial charge in [-0.15, -0.1) is 0 Å². The van der Waals surface area contributed by atoms with Crippen LogP contribution < -0.4 is 4.31 Å². The van der Waals surface area contributed by atoms with E-state index in [2.05, 4.69) is 10.1 Å². The number of anilines is 1. The molecule has 2 heterocycles. The van der Waals surface area contributed by atoms with E-state index in [-0.39, 0.29) is 16.8 Å². The Morgan fingerprint density at radius 1 is 0.929 bits per heavy atom. The van der Waals surface area contributed by atoms with Crippen LogP contribution in [0.1, 0.15) is 17.3 Å². The first kappa shape index (κ1) is 28.6. The molecule has 0 aliphatic carbocycles. The van der Waals surface area contributed by atoms with E-state index in [1.807, 2.05) is 6.92 Å². The molecule has 0 unspecified atom stereocenters. The standard InChI is InChI=1S/C30H23F3N4O4S/c1-2-36-18-24(20-13-15-34-16-14-20)29(35-36)23-9-6-10-26(28(23)33)37(19-41-30(38)21-7-4-3-5-8-21)42(39,40)27-17-22(31)11-12-25(27)32/h3-18H,2,19H2,1H3. The number of esters is 1. The van der Waals surface area contributed by atoms with Gasteiger partial charge < -0.3 is 4.74 Å². The van der Waals surface area contributed by atoms with Crippen molar-refractivity contribution in [2.75, 3.05) is 11.0 Å². The van der Waals surface area contributed by atoms with E-state index >= 15 is 4.39 Å². The van der Waals surface area contributed by atoms with Crippen molar-refractivity contribution in [2.45, 2.75) is 18.4 Å². The van der Waals surface area contributed by atoms with Crippen molar-refractivity contribution in [2.24, 2.45) is 0 Å². The van der Waals surface area contributed by atoms with Crippen LogP contribution in [0.4, 0.5) is 18.9 Å². The third-order valence-electron chi connectivity index (χ3n) is 6.36. The van der Waals surface area contributed by atoms with Crippen LogP contribution in [-0.4, -0.2) is 35.9 Å². The molecule has 0 atom stereocenters. The molecule has 0 bridgehead atoms. The van der Waals surface area contributed by atoms with Gasteiger partial charge in [-0.3, -0.25) is 9.67 Å². The second-order valence-corrected chi connectivity index (χ2v) is 10.8. The van der Waals surface area contributed by atoms with Gasteiger partial charge in [-0.1, -0.05) is 24.3 Å². The molecular weight excluding hydrogens is 569 g/mol. The van der Waals surface area contributed by atoms with Gasteiger partial charge in [0.25, 0.3) is 10.0 Å². The van der Waals surface area contributed by atoms with E-state index in [0.29, 0.717) is 34.1 Å². The highest BCUT2D eigenvalue weighted by Gasteiger charge is 2.33. The second kappa shape index (κ2) is 11.9. The molecule has 0 saturated heterocycles. The summed E-state index contributed by atoms with van der Waals surface area (Å²) >= 11 is 0. The van der Waals surface area contributed by atoms with Crippen LogP contribution in [0, 0.1) is 17.5 Å². The average Bonchev–Trinajstić information content (AvgIpc) is 3.44. The van der Waals surface area contributed by atoms with Crippen molar-refractivity contribution < 1.29 is 31.1 Å². The van der Waals surface area contributed by atoms with Crippen molar-refractivity contribution in [1.29, 1.82) is 0 Å². The van der Waals surface area contributed by atoms with Crippen molar-refractivity contribution in [1.82, 2.24) is 14.8 Å². The van der Waals surface area contributed by atoms with Crippen LogP contribution in [-0.2, 0) is 21.3 Å². The monoisotopic (exact) mass is 592 g/mol. The van der Waals surface area contributed by atoms with Gasteiger partial charge in [0.15, 0.2) is 12.5 Å². The highest BCUT2D eigenvalue weighted by atomic mass is 32.2. The molecule has 12 heteroatoms. The Morgan fingerprint density at radius 3 is 2.38 bits per heavy atom. The Labute approximate surface area is 239 Å². The van der Waals surface area contributed by atoms with Gasteiger partial charge in [-0.25, -0.2) is 30.7 Å². The molecule has 5 aromatic rings. The summed E-state index contributed by atoms with van der Waals surface area (Å²) in [6.07, 6.45) is 4.85. The van der Waals surface area contributed by atoms with Crippen molar-refractivity contribution in [3.05, 3.63) is 120 Å². The summed E-state index contributed by atoms with van der Waals surface area (Å²) in [6.45, 7) is 1.28. The summed E-state index contributed by atoms with van der Waals surface area (Å²) in [4.78, 5) is 15.6. The van der Waals surface area contributed by atoms with Gasteiger partial charge in [0.1, 0.15) is 22.2 Å². The number of nitrogens with zero attached hydrogens (tertiary/aromatic N) is 4. The maximum absolute atomic E-state index is 16.4. The van der Waals surface area contributed by atoms with Crippen LogP contribution in [0.25, 0.3) is 22.4 Å². The molecule has 0 saturated carbocycles. The van der Waals surface area contributed by atoms with Crippen molar-refractivity contribution >= 4 is 21.7 Å². The maximum Gasteiger partial charge on any atom is 0.339 e. The number of aryl methyl sites for hydroxylation is 1. The Kier molecular flexibility index (Phi) is 8.07. The van der Waals surface area contributed by atoms with E-state index < -0.39 is 50.8 Å². The summed E-state index contributed by atoms with van der Waals surface area (Å²) < 4.78 is 79.9. The number of pyridine rings is 1. The lowest BCUT2D eigenvalue weighted by molar-refractivity contribution is 0.0519. The molecule has 0 aliphatic rings. The first-order chi connectivity index (χ1) is 20.2. The van der Waals surface area contributed by atoms with E-state index in [0.717, 1.165) is 12.1 Å². The van der Waals surface area contributed by atoms with Crippen molar-refractivity contribution in [3.8, 4) is 22.4 Å². The van der Waals surface area contributed by atoms with Gasteiger partial charge in [0, 0.05) is 36.3 Å². The fourth-order valence-electron chi connectivity index (χ4n) is 4.26. The number of hydrogen-bond acceptors (Lipinski definition) is 6. The zero-order valence-corrected chi connectivity index (χ0v) is 22.9. The second-order valence-electron chi connectivity index (χ2n) is 8.98. The molecule has 3 aromatic carbocycles. The molecule has 8 nitrogen and oxygen atoms in total. The Balaban J connectivity index is 1.64. The summed E-state index contributed by atoms with van der Waals surface area (Å²) in [5.41, 5.74) is 0.916. The molecule has 42 heavy (non-hydrogen) atoms. The highest BCUT2D eigenvalue weighted by Crippen LogP contribution is 2.37. The number of halogens is 3. The molecule has 2 aromatic heterocycles. The number of hydrogen-bond donors (Lipinski definition) is 0. The molecule has 0 amide bonds. The van der Waals surface area contributed by atoms with E-state index in [4.69, 9.17) is 4.74 Å². The van der Waals surface area contributed by atoms with Crippen LogP contribution in [0.5, 0.6) is 0 Å². The van der Waals surface area contributed by atoms with Gasteiger partial charge in [0.05, 0.1) is 11.3 Å². The fourth-order valence-corrected chi connectivity index (χ4v) is 5.66. The molecular formula is C30H23F3N4O4S. The molecule has 0 spiro atoms. The highest BCUT2D eigenvalue weighted by molar-refractivity contribution is 7.92. The summed E-state index contributed by atoms with van der Waals surface area (Å²) in [5, 5.41) is 4.49. The Hall–Kier alpha value is -4.97. The first-order valence-corrected chi connectivity index (χ1v) is 14.1. The molecule has 214 valence electrons. The quantitative estimate of drug-likeness (QED) is 0.153. The van der Waals surface area contributed by atoms with E-state index in [1.54, 1.807) is 53.6 Å². The third-order valence-corrected chi connectivity index (χ3v) is 8.11. The number of aromatic nitrogens is 3. The Bertz CT molecular complexity index is 1850. The smallest absolute Gasteiger partial charge is 0.339 e. The SMILES string of the molecule is CCn1cc(-c2ccncc2)c(-c2cccc(N(COC(=O)c3ccccc3)S(=O)(=O)c3cc(F)ccc3F)c2F)n1. The lowest BCUT2D eigenvalue weighted by Gasteiger charge is -2.25. The molecule has 0 aliphatic heterocycles. The minimum atomic E-state index is -5.00. The van der Waals surface area contributed by atoms with Gasteiger partial charge in [-0.2, -0.15) is 5.10 Å². The predicted octanol–water partition coefficient (Wildman–Crippen LogP) is 6.06. The topological polar surface area (TPSA) is 94.4 Å². The van der Waals surface area contributed by atoms with Crippen molar-refractivity contribution in [3.63, 3.8) is 0 Å². The van der Waals surface area contributed by atoms with Crippen LogP contribution in [0.15, 0.2) is 102 Å². The lowest BCUT2D eigenvalue weighted by Crippen LogP contribution is -2.35. The molecule has 0 radical (unpaired) electrons. The van der Waals surface area contributed by atoms with Crippen LogP contribution in [0.3, 0.4) is 0 Å². The van der Waals surface area contributed by atoms with Gasteiger partial charge in [0.2, 0.25) is 0 Å². The minimum Gasteiger partial charge on any atom is -0.440 e. The Morgan fingerprint density at radius 2 is 1.67 bits per heavy atom. The number of carbonyl (C=O) groups is 1. The van der Waals surface area contributed by atoms with E-state index in [1.165, 1.54) is 24.3 Å². The third kappa shape index (κ3) is 5.61. The van der Waals surface area contributed by atoms with Crippen LogP contribution in [0.2, 0.25) is 0 Å². The van der Waals surface area contributed by atoms with Gasteiger partial charge in [-0.05, 0) is 67.1 Å². The fraction of sp³-hybridized carbons (Fsp3) is 0.100. The zero-order chi connectivity index (χ0) is 29.9. The zero-order valence-electron chi connectivity index (χ0n) is 22.1. The number of carbonyl (C=O) groups excluding carboxylic acids is 1. The largest absolute Gasteiger partial charge is 0.440 e. The predicted molar refractivity (Wildman–Crippen MR) is 149 cm³/mol. The minimum absolute atomic E-state index is 0.0687. The normalized spacial score (nSPS) is 11.3. The number of sulfonamides is 1. The number of ether oxygens (including phenoxy) is 1. The summed E-state index contributed by atoms with van der Waals surface area (Å²) in [6, 6.07) is 16.9. The lowest BCUT2D eigenvalue weighted by atomic mass is 10.0. The summed E-state index contributed by atoms with van der Waals surface area (Å²) in [7, 11) is -5.00. The molecule has 5 rings (SSSR count). The number of benzene rings is 3. The number of rotatable bonds is 9.